The molecule has 2 N–H and O–H groups in total. The third kappa shape index (κ3) is 2.34. The van der Waals surface area contributed by atoms with Crippen LogP contribution in [0.5, 0.6) is 0 Å². The van der Waals surface area contributed by atoms with Gasteiger partial charge >= 0.3 is 11.9 Å². The van der Waals surface area contributed by atoms with Gasteiger partial charge in [0.05, 0.1) is 11.1 Å². The number of hydrogen-bond donors (Lipinski definition) is 1. The Bertz CT molecular complexity index is 965. The summed E-state index contributed by atoms with van der Waals surface area (Å²) in [7, 11) is 0. The molecule has 0 radical (unpaired) electrons. The van der Waals surface area contributed by atoms with Gasteiger partial charge in [-0.1, -0.05) is 36.0 Å². The summed E-state index contributed by atoms with van der Waals surface area (Å²) >= 11 is 1.52. The van der Waals surface area contributed by atoms with E-state index in [1.54, 1.807) is 18.2 Å². The van der Waals surface area contributed by atoms with Gasteiger partial charge in [0, 0.05) is 20.9 Å². The molecule has 0 bridgehead atoms. The summed E-state index contributed by atoms with van der Waals surface area (Å²) in [5.41, 5.74) is 7.64. The maximum atomic E-state index is 12.0. The Morgan fingerprint density at radius 2 is 1.71 bits per heavy atom. The lowest BCUT2D eigenvalue weighted by atomic mass is 9.97. The molecule has 0 spiro atoms. The first-order valence-electron chi connectivity index (χ1n) is 7.48. The van der Waals surface area contributed by atoms with Gasteiger partial charge in [-0.05, 0) is 42.2 Å². The van der Waals surface area contributed by atoms with Gasteiger partial charge in [0.1, 0.15) is 0 Å². The SMILES string of the molecule is NC1=C(Sc2ccc3c4c(cccc24)C(=O)OC3=O)C=CCC=C1. The zero-order chi connectivity index (χ0) is 16.7. The fraction of sp³-hybridized carbons (Fsp3) is 0.0526. The molecule has 2 aromatic carbocycles. The molecule has 118 valence electrons. The van der Waals surface area contributed by atoms with Crippen molar-refractivity contribution in [2.45, 2.75) is 11.3 Å². The second-order valence-corrected chi connectivity index (χ2v) is 6.56. The Balaban J connectivity index is 1.90. The predicted molar refractivity (Wildman–Crippen MR) is 93.7 cm³/mol. The third-order valence-electron chi connectivity index (χ3n) is 3.97. The molecule has 5 heteroatoms. The number of cyclic esters (lactones) is 2. The molecule has 0 saturated carbocycles. The zero-order valence-corrected chi connectivity index (χ0v) is 13.4. The van der Waals surface area contributed by atoms with Crippen LogP contribution in [-0.2, 0) is 4.74 Å². The van der Waals surface area contributed by atoms with E-state index in [1.165, 1.54) is 11.8 Å². The van der Waals surface area contributed by atoms with Crippen molar-refractivity contribution in [1.82, 2.24) is 0 Å². The molecule has 0 fully saturated rings. The maximum absolute atomic E-state index is 12.0. The van der Waals surface area contributed by atoms with E-state index in [1.807, 2.05) is 36.4 Å². The Labute approximate surface area is 142 Å². The molecule has 4 rings (SSSR count). The highest BCUT2D eigenvalue weighted by atomic mass is 32.2. The minimum absolute atomic E-state index is 0.419. The number of ether oxygens (including phenoxy) is 1. The van der Waals surface area contributed by atoms with Crippen LogP contribution in [0, 0.1) is 0 Å². The van der Waals surface area contributed by atoms with Crippen LogP contribution >= 0.6 is 11.8 Å². The molecule has 1 aliphatic heterocycles. The van der Waals surface area contributed by atoms with E-state index < -0.39 is 11.9 Å². The van der Waals surface area contributed by atoms with Crippen molar-refractivity contribution in [2.24, 2.45) is 5.73 Å². The lowest BCUT2D eigenvalue weighted by molar-refractivity contribution is 0.0391. The molecule has 24 heavy (non-hydrogen) atoms. The van der Waals surface area contributed by atoms with Crippen LogP contribution in [0.4, 0.5) is 0 Å². The lowest BCUT2D eigenvalue weighted by Crippen LogP contribution is -2.19. The molecular formula is C19H13NO3S. The normalized spacial score (nSPS) is 16.5. The van der Waals surface area contributed by atoms with Gasteiger partial charge in [-0.2, -0.15) is 0 Å². The van der Waals surface area contributed by atoms with Crippen molar-refractivity contribution < 1.29 is 14.3 Å². The van der Waals surface area contributed by atoms with Crippen molar-refractivity contribution >= 4 is 34.5 Å². The van der Waals surface area contributed by atoms with Gasteiger partial charge in [-0.15, -0.1) is 0 Å². The number of carbonyl (C=O) groups is 2. The van der Waals surface area contributed by atoms with Gasteiger partial charge in [0.2, 0.25) is 0 Å². The molecular weight excluding hydrogens is 322 g/mol. The molecule has 2 aliphatic rings. The average Bonchev–Trinajstić information content (AvgIpc) is 2.78. The molecule has 0 aromatic heterocycles. The summed E-state index contributed by atoms with van der Waals surface area (Å²) < 4.78 is 4.79. The van der Waals surface area contributed by atoms with Crippen LogP contribution in [0.2, 0.25) is 0 Å². The summed E-state index contributed by atoms with van der Waals surface area (Å²) in [5, 5.41) is 1.50. The van der Waals surface area contributed by atoms with Crippen LogP contribution in [0.15, 0.2) is 70.1 Å². The van der Waals surface area contributed by atoms with E-state index in [9.17, 15) is 9.59 Å². The summed E-state index contributed by atoms with van der Waals surface area (Å²) in [5.74, 6) is -1.20. The Morgan fingerprint density at radius 3 is 2.54 bits per heavy atom. The summed E-state index contributed by atoms with van der Waals surface area (Å²) in [6.07, 6.45) is 8.79. The van der Waals surface area contributed by atoms with Crippen molar-refractivity contribution in [3.8, 4) is 0 Å². The van der Waals surface area contributed by atoms with E-state index in [2.05, 4.69) is 0 Å². The van der Waals surface area contributed by atoms with Gasteiger partial charge in [0.15, 0.2) is 0 Å². The average molecular weight is 335 g/mol. The molecule has 0 unspecified atom stereocenters. The lowest BCUT2D eigenvalue weighted by Gasteiger charge is -2.17. The summed E-state index contributed by atoms with van der Waals surface area (Å²) in [6.45, 7) is 0. The minimum Gasteiger partial charge on any atom is -0.398 e. The first kappa shape index (κ1) is 14.8. The van der Waals surface area contributed by atoms with E-state index in [-0.39, 0.29) is 0 Å². The highest BCUT2D eigenvalue weighted by Crippen LogP contribution is 2.39. The van der Waals surface area contributed by atoms with E-state index in [0.717, 1.165) is 21.6 Å². The van der Waals surface area contributed by atoms with Crippen LogP contribution < -0.4 is 5.73 Å². The quantitative estimate of drug-likeness (QED) is 0.665. The van der Waals surface area contributed by atoms with Crippen LogP contribution in [-0.4, -0.2) is 11.9 Å². The standard InChI is InChI=1S/C19H13NO3S/c20-14-7-2-1-3-8-16(14)24-15-10-9-13-17-11(15)5-4-6-12(17)18(21)23-19(13)22/h2-10H,1,20H2. The van der Waals surface area contributed by atoms with Crippen molar-refractivity contribution in [1.29, 1.82) is 0 Å². The summed E-state index contributed by atoms with van der Waals surface area (Å²) in [6, 6.07) is 8.95. The molecule has 0 atom stereocenters. The first-order chi connectivity index (χ1) is 11.6. The number of allylic oxidation sites excluding steroid dienone is 4. The van der Waals surface area contributed by atoms with Gasteiger partial charge in [-0.3, -0.25) is 0 Å². The van der Waals surface area contributed by atoms with Crippen molar-refractivity contribution in [3.63, 3.8) is 0 Å². The second-order valence-electron chi connectivity index (χ2n) is 5.48. The highest BCUT2D eigenvalue weighted by Gasteiger charge is 2.28. The minimum atomic E-state index is -0.601. The van der Waals surface area contributed by atoms with Crippen molar-refractivity contribution in [3.05, 3.63) is 76.4 Å². The first-order valence-corrected chi connectivity index (χ1v) is 8.30. The Kier molecular flexibility index (Phi) is 3.50. The van der Waals surface area contributed by atoms with Crippen molar-refractivity contribution in [2.75, 3.05) is 0 Å². The van der Waals surface area contributed by atoms with Crippen LogP contribution in [0.3, 0.4) is 0 Å². The number of carbonyl (C=O) groups excluding carboxylic acids is 2. The number of benzene rings is 2. The third-order valence-corrected chi connectivity index (χ3v) is 5.14. The van der Waals surface area contributed by atoms with Gasteiger partial charge in [0.25, 0.3) is 0 Å². The number of rotatable bonds is 2. The number of thioether (sulfide) groups is 1. The van der Waals surface area contributed by atoms with Gasteiger partial charge in [-0.25, -0.2) is 9.59 Å². The maximum Gasteiger partial charge on any atom is 0.346 e. The Hall–Kier alpha value is -2.79. The molecule has 4 nitrogen and oxygen atoms in total. The Morgan fingerprint density at radius 1 is 0.958 bits per heavy atom. The topological polar surface area (TPSA) is 69.4 Å². The number of hydrogen-bond acceptors (Lipinski definition) is 5. The monoisotopic (exact) mass is 335 g/mol. The van der Waals surface area contributed by atoms with Gasteiger partial charge < -0.3 is 10.5 Å². The second kappa shape index (κ2) is 5.69. The molecule has 0 amide bonds. The molecule has 1 aliphatic carbocycles. The van der Waals surface area contributed by atoms with E-state index in [0.29, 0.717) is 22.2 Å². The predicted octanol–water partition coefficient (Wildman–Crippen LogP) is 3.93. The fourth-order valence-corrected chi connectivity index (χ4v) is 3.84. The number of nitrogens with two attached hydrogens (primary N) is 1. The van der Waals surface area contributed by atoms with E-state index >= 15 is 0 Å². The zero-order valence-electron chi connectivity index (χ0n) is 12.6. The van der Waals surface area contributed by atoms with Crippen LogP contribution in [0.25, 0.3) is 10.8 Å². The highest BCUT2D eigenvalue weighted by molar-refractivity contribution is 8.03. The molecule has 2 aromatic rings. The fourth-order valence-electron chi connectivity index (χ4n) is 2.84. The largest absolute Gasteiger partial charge is 0.398 e. The number of esters is 2. The van der Waals surface area contributed by atoms with Crippen LogP contribution in [0.1, 0.15) is 27.1 Å². The van der Waals surface area contributed by atoms with E-state index in [4.69, 9.17) is 10.5 Å². The smallest absolute Gasteiger partial charge is 0.346 e. The molecule has 1 heterocycles. The molecule has 0 saturated heterocycles. The summed E-state index contributed by atoms with van der Waals surface area (Å²) in [4.78, 5) is 25.8.